The molecule has 3 heteroatoms. The van der Waals surface area contributed by atoms with Gasteiger partial charge in [-0.15, -0.1) is 0 Å². The summed E-state index contributed by atoms with van der Waals surface area (Å²) in [5.74, 6) is -0.113. The van der Waals surface area contributed by atoms with Crippen molar-refractivity contribution in [3.63, 3.8) is 0 Å². The van der Waals surface area contributed by atoms with Crippen LogP contribution in [-0.4, -0.2) is 16.0 Å². The molecule has 0 fully saturated rings. The molecule has 21 heavy (non-hydrogen) atoms. The molecule has 2 aromatic heterocycles. The molecule has 1 aromatic carbocycles. The number of Topliss-reactive ketones (excluding diaryl/α,β-unsaturated/α-hetero) is 1. The standard InChI is InChI=1S/C18H15NO2/c1-12-7-6-10-16-15(13(2)20)11-17(19(12)16)18(21)14-8-4-3-5-9-14/h3-11H,1-2H3. The Morgan fingerprint density at radius 3 is 2.33 bits per heavy atom. The van der Waals surface area contributed by atoms with E-state index in [-0.39, 0.29) is 11.6 Å². The first-order valence-corrected chi connectivity index (χ1v) is 6.81. The number of rotatable bonds is 3. The number of aromatic nitrogens is 1. The summed E-state index contributed by atoms with van der Waals surface area (Å²) < 4.78 is 1.85. The molecule has 2 heterocycles. The highest BCUT2D eigenvalue weighted by atomic mass is 16.1. The molecule has 0 aliphatic heterocycles. The van der Waals surface area contributed by atoms with Crippen molar-refractivity contribution in [2.75, 3.05) is 0 Å². The number of pyridine rings is 1. The highest BCUT2D eigenvalue weighted by Crippen LogP contribution is 2.22. The second kappa shape index (κ2) is 5.02. The van der Waals surface area contributed by atoms with E-state index in [1.54, 1.807) is 18.2 Å². The minimum Gasteiger partial charge on any atom is -0.310 e. The lowest BCUT2D eigenvalue weighted by atomic mass is 10.1. The van der Waals surface area contributed by atoms with E-state index < -0.39 is 0 Å². The van der Waals surface area contributed by atoms with Crippen molar-refractivity contribution >= 4 is 17.1 Å². The van der Waals surface area contributed by atoms with E-state index in [1.807, 2.05) is 47.7 Å². The molecule has 0 saturated heterocycles. The molecule has 0 unspecified atom stereocenters. The molecular formula is C18H15NO2. The van der Waals surface area contributed by atoms with Gasteiger partial charge in [0.05, 0.1) is 11.2 Å². The lowest BCUT2D eigenvalue weighted by Crippen LogP contribution is -2.06. The summed E-state index contributed by atoms with van der Waals surface area (Å²) in [5.41, 5.74) is 3.44. The van der Waals surface area contributed by atoms with Crippen molar-refractivity contribution in [1.29, 1.82) is 0 Å². The maximum atomic E-state index is 12.7. The number of hydrogen-bond acceptors (Lipinski definition) is 2. The van der Waals surface area contributed by atoms with Crippen molar-refractivity contribution in [1.82, 2.24) is 4.40 Å². The predicted molar refractivity (Wildman–Crippen MR) is 82.0 cm³/mol. The number of carbonyl (C=O) groups is 2. The van der Waals surface area contributed by atoms with Gasteiger partial charge in [0, 0.05) is 16.8 Å². The maximum absolute atomic E-state index is 12.7. The third-order valence-electron chi connectivity index (χ3n) is 3.63. The molecule has 0 radical (unpaired) electrons. The number of nitrogens with zero attached hydrogens (tertiary/aromatic N) is 1. The van der Waals surface area contributed by atoms with Crippen molar-refractivity contribution in [3.05, 3.63) is 77.1 Å². The predicted octanol–water partition coefficient (Wildman–Crippen LogP) is 3.68. The van der Waals surface area contributed by atoms with Crippen LogP contribution in [0.2, 0.25) is 0 Å². The van der Waals surface area contributed by atoms with Crippen LogP contribution in [0.5, 0.6) is 0 Å². The third kappa shape index (κ3) is 2.17. The van der Waals surface area contributed by atoms with Crippen LogP contribution in [0.15, 0.2) is 54.6 Å². The minimum absolute atomic E-state index is 0.0368. The average molecular weight is 277 g/mol. The van der Waals surface area contributed by atoms with E-state index in [0.29, 0.717) is 16.8 Å². The molecule has 0 amide bonds. The van der Waals surface area contributed by atoms with Gasteiger partial charge in [-0.25, -0.2) is 0 Å². The van der Waals surface area contributed by atoms with E-state index >= 15 is 0 Å². The second-order valence-electron chi connectivity index (χ2n) is 5.08. The van der Waals surface area contributed by atoms with Gasteiger partial charge >= 0.3 is 0 Å². The number of benzene rings is 1. The molecule has 3 nitrogen and oxygen atoms in total. The van der Waals surface area contributed by atoms with Crippen LogP contribution in [0, 0.1) is 6.92 Å². The second-order valence-corrected chi connectivity index (χ2v) is 5.08. The molecule has 0 aliphatic carbocycles. The van der Waals surface area contributed by atoms with Crippen LogP contribution in [0.3, 0.4) is 0 Å². The number of ketones is 2. The Morgan fingerprint density at radius 1 is 0.952 bits per heavy atom. The zero-order valence-corrected chi connectivity index (χ0v) is 12.0. The highest BCUT2D eigenvalue weighted by molar-refractivity contribution is 6.12. The number of fused-ring (bicyclic) bond motifs is 1. The highest BCUT2D eigenvalue weighted by Gasteiger charge is 2.19. The van der Waals surface area contributed by atoms with Crippen LogP contribution in [-0.2, 0) is 0 Å². The first-order chi connectivity index (χ1) is 10.1. The Labute approximate surface area is 122 Å². The van der Waals surface area contributed by atoms with Gasteiger partial charge in [0.2, 0.25) is 5.78 Å². The topological polar surface area (TPSA) is 38.5 Å². The van der Waals surface area contributed by atoms with Gasteiger partial charge in [0.1, 0.15) is 0 Å². The van der Waals surface area contributed by atoms with Gasteiger partial charge in [0.25, 0.3) is 0 Å². The average Bonchev–Trinajstić information content (AvgIpc) is 2.88. The van der Waals surface area contributed by atoms with Gasteiger partial charge in [-0.2, -0.15) is 0 Å². The maximum Gasteiger partial charge on any atom is 0.209 e. The Bertz CT molecular complexity index is 844. The van der Waals surface area contributed by atoms with Gasteiger partial charge in [0.15, 0.2) is 5.78 Å². The first kappa shape index (κ1) is 13.3. The van der Waals surface area contributed by atoms with Crippen LogP contribution >= 0.6 is 0 Å². The zero-order valence-electron chi connectivity index (χ0n) is 12.0. The van der Waals surface area contributed by atoms with Crippen LogP contribution < -0.4 is 0 Å². The lowest BCUT2D eigenvalue weighted by molar-refractivity contribution is 0.101. The number of carbonyl (C=O) groups excluding carboxylic acids is 2. The molecule has 104 valence electrons. The normalized spacial score (nSPS) is 10.8. The Hall–Kier alpha value is -2.68. The zero-order chi connectivity index (χ0) is 15.0. The summed E-state index contributed by atoms with van der Waals surface area (Å²) in [6.07, 6.45) is 0. The first-order valence-electron chi connectivity index (χ1n) is 6.81. The fourth-order valence-corrected chi connectivity index (χ4v) is 2.61. The summed E-state index contributed by atoms with van der Waals surface area (Å²) >= 11 is 0. The van der Waals surface area contributed by atoms with E-state index in [4.69, 9.17) is 0 Å². The number of hydrogen-bond donors (Lipinski definition) is 0. The summed E-state index contributed by atoms with van der Waals surface area (Å²) in [6, 6.07) is 16.5. The van der Waals surface area contributed by atoms with Crippen LogP contribution in [0.4, 0.5) is 0 Å². The Balaban J connectivity index is 2.28. The SMILES string of the molecule is CC(=O)c1cc(C(=O)c2ccccc2)n2c(C)cccc12. The molecular weight excluding hydrogens is 262 g/mol. The fourth-order valence-electron chi connectivity index (χ4n) is 2.61. The number of aryl methyl sites for hydroxylation is 1. The third-order valence-corrected chi connectivity index (χ3v) is 3.63. The molecule has 0 N–H and O–H groups in total. The Kier molecular flexibility index (Phi) is 3.18. The van der Waals surface area contributed by atoms with E-state index in [1.165, 1.54) is 6.92 Å². The van der Waals surface area contributed by atoms with Crippen molar-refractivity contribution in [3.8, 4) is 0 Å². The quantitative estimate of drug-likeness (QED) is 0.685. The van der Waals surface area contributed by atoms with Crippen molar-refractivity contribution in [2.24, 2.45) is 0 Å². The van der Waals surface area contributed by atoms with Gasteiger partial charge in [-0.1, -0.05) is 36.4 Å². The largest absolute Gasteiger partial charge is 0.310 e. The monoisotopic (exact) mass is 277 g/mol. The van der Waals surface area contributed by atoms with Gasteiger partial charge in [-0.05, 0) is 32.0 Å². The van der Waals surface area contributed by atoms with E-state index in [0.717, 1.165) is 11.2 Å². The van der Waals surface area contributed by atoms with Gasteiger partial charge < -0.3 is 4.40 Å². The minimum atomic E-state index is -0.0765. The molecule has 0 atom stereocenters. The summed E-state index contributed by atoms with van der Waals surface area (Å²) in [5, 5.41) is 0. The van der Waals surface area contributed by atoms with Crippen molar-refractivity contribution < 1.29 is 9.59 Å². The lowest BCUT2D eigenvalue weighted by Gasteiger charge is -2.06. The molecule has 0 spiro atoms. The Morgan fingerprint density at radius 2 is 1.67 bits per heavy atom. The fraction of sp³-hybridized carbons (Fsp3) is 0.111. The molecule has 3 aromatic rings. The molecule has 0 bridgehead atoms. The smallest absolute Gasteiger partial charge is 0.209 e. The van der Waals surface area contributed by atoms with Crippen LogP contribution in [0.25, 0.3) is 5.52 Å². The molecule has 3 rings (SSSR count). The van der Waals surface area contributed by atoms with Crippen molar-refractivity contribution in [2.45, 2.75) is 13.8 Å². The summed E-state index contributed by atoms with van der Waals surface area (Å²) in [4.78, 5) is 24.5. The van der Waals surface area contributed by atoms with E-state index in [9.17, 15) is 9.59 Å². The molecule has 0 aliphatic rings. The summed E-state index contributed by atoms with van der Waals surface area (Å²) in [6.45, 7) is 3.45. The van der Waals surface area contributed by atoms with E-state index in [2.05, 4.69) is 0 Å². The summed E-state index contributed by atoms with van der Waals surface area (Å²) in [7, 11) is 0. The molecule has 0 saturated carbocycles. The van der Waals surface area contributed by atoms with Gasteiger partial charge in [-0.3, -0.25) is 9.59 Å². The van der Waals surface area contributed by atoms with Crippen LogP contribution in [0.1, 0.15) is 39.0 Å².